The SMILES string of the molecule is COC(=O)C[C@H]1CC[C@@H](CNC(=O)c2cnc3c(c2)ncn3C2CCOCC2)N1C. The Bertz CT molecular complexity index is 908. The third-order valence-electron chi connectivity index (χ3n) is 6.37. The highest BCUT2D eigenvalue weighted by atomic mass is 16.5. The molecular weight excluding hydrogens is 386 g/mol. The van der Waals surface area contributed by atoms with Crippen molar-refractivity contribution < 1.29 is 19.1 Å². The zero-order chi connectivity index (χ0) is 21.1. The lowest BCUT2D eigenvalue weighted by molar-refractivity contribution is -0.141. The summed E-state index contributed by atoms with van der Waals surface area (Å²) >= 11 is 0. The number of carbonyl (C=O) groups is 2. The van der Waals surface area contributed by atoms with E-state index in [9.17, 15) is 9.59 Å². The molecular formula is C21H29N5O4. The molecule has 2 aliphatic heterocycles. The van der Waals surface area contributed by atoms with E-state index in [-0.39, 0.29) is 24.0 Å². The molecule has 162 valence electrons. The Labute approximate surface area is 175 Å². The molecule has 0 aliphatic carbocycles. The van der Waals surface area contributed by atoms with E-state index in [1.807, 2.05) is 13.4 Å². The van der Waals surface area contributed by atoms with Crippen LogP contribution in [-0.2, 0) is 14.3 Å². The summed E-state index contributed by atoms with van der Waals surface area (Å²) in [5, 5.41) is 3.01. The van der Waals surface area contributed by atoms with Crippen molar-refractivity contribution in [1.82, 2.24) is 24.8 Å². The maximum atomic E-state index is 12.7. The summed E-state index contributed by atoms with van der Waals surface area (Å²) in [7, 11) is 3.40. The second kappa shape index (κ2) is 9.09. The van der Waals surface area contributed by atoms with Crippen LogP contribution in [0.15, 0.2) is 18.6 Å². The first kappa shape index (κ1) is 20.7. The van der Waals surface area contributed by atoms with Gasteiger partial charge in [-0.05, 0) is 38.8 Å². The molecule has 2 atom stereocenters. The zero-order valence-electron chi connectivity index (χ0n) is 17.5. The Hall–Kier alpha value is -2.52. The molecule has 2 aromatic rings. The number of nitrogens with one attached hydrogen (secondary N) is 1. The van der Waals surface area contributed by atoms with E-state index in [1.165, 1.54) is 7.11 Å². The summed E-state index contributed by atoms with van der Waals surface area (Å²) in [6.45, 7) is 2.03. The molecule has 1 amide bonds. The van der Waals surface area contributed by atoms with Gasteiger partial charge in [0.2, 0.25) is 0 Å². The number of ether oxygens (including phenoxy) is 2. The van der Waals surface area contributed by atoms with Gasteiger partial charge in [0.1, 0.15) is 5.52 Å². The topological polar surface area (TPSA) is 98.6 Å². The van der Waals surface area contributed by atoms with Gasteiger partial charge in [0, 0.05) is 44.1 Å². The van der Waals surface area contributed by atoms with Gasteiger partial charge in [-0.25, -0.2) is 9.97 Å². The quantitative estimate of drug-likeness (QED) is 0.715. The predicted molar refractivity (Wildman–Crippen MR) is 110 cm³/mol. The number of aromatic nitrogens is 3. The van der Waals surface area contributed by atoms with Gasteiger partial charge in [-0.15, -0.1) is 0 Å². The number of nitrogens with zero attached hydrogens (tertiary/aromatic N) is 4. The van der Waals surface area contributed by atoms with E-state index in [1.54, 1.807) is 12.3 Å². The van der Waals surface area contributed by atoms with Crippen LogP contribution in [0, 0.1) is 0 Å². The number of pyridine rings is 1. The molecule has 1 N–H and O–H groups in total. The molecule has 4 heterocycles. The molecule has 0 saturated carbocycles. The summed E-state index contributed by atoms with van der Waals surface area (Å²) in [5.74, 6) is -0.356. The molecule has 2 saturated heterocycles. The first-order chi connectivity index (χ1) is 14.6. The number of esters is 1. The highest BCUT2D eigenvalue weighted by Crippen LogP contribution is 2.26. The Morgan fingerprint density at radius 3 is 2.73 bits per heavy atom. The van der Waals surface area contributed by atoms with Crippen LogP contribution in [0.4, 0.5) is 0 Å². The fourth-order valence-corrected chi connectivity index (χ4v) is 4.44. The molecule has 2 fully saturated rings. The van der Waals surface area contributed by atoms with Gasteiger partial charge in [-0.3, -0.25) is 14.5 Å². The first-order valence-corrected chi connectivity index (χ1v) is 10.5. The van der Waals surface area contributed by atoms with Crippen molar-refractivity contribution in [2.24, 2.45) is 0 Å². The lowest BCUT2D eigenvalue weighted by atomic mass is 10.1. The van der Waals surface area contributed by atoms with E-state index < -0.39 is 0 Å². The molecule has 0 aromatic carbocycles. The predicted octanol–water partition coefficient (Wildman–Crippen LogP) is 1.54. The number of hydrogen-bond donors (Lipinski definition) is 1. The van der Waals surface area contributed by atoms with Crippen molar-refractivity contribution in [3.05, 3.63) is 24.2 Å². The Balaban J connectivity index is 1.36. The first-order valence-electron chi connectivity index (χ1n) is 10.5. The minimum Gasteiger partial charge on any atom is -0.469 e. The van der Waals surface area contributed by atoms with Crippen molar-refractivity contribution in [3.63, 3.8) is 0 Å². The van der Waals surface area contributed by atoms with E-state index in [4.69, 9.17) is 9.47 Å². The number of likely N-dealkylation sites (tertiary alicyclic amines) is 1. The number of amides is 1. The highest BCUT2D eigenvalue weighted by Gasteiger charge is 2.32. The van der Waals surface area contributed by atoms with Gasteiger partial charge in [0.05, 0.1) is 25.4 Å². The summed E-state index contributed by atoms with van der Waals surface area (Å²) in [6, 6.07) is 2.50. The van der Waals surface area contributed by atoms with Crippen LogP contribution >= 0.6 is 0 Å². The molecule has 2 aliphatic rings. The minimum atomic E-state index is -0.198. The van der Waals surface area contributed by atoms with E-state index in [2.05, 4.69) is 24.8 Å². The molecule has 0 bridgehead atoms. The van der Waals surface area contributed by atoms with Crippen LogP contribution in [0.3, 0.4) is 0 Å². The summed E-state index contributed by atoms with van der Waals surface area (Å²) in [5.41, 5.74) is 2.04. The molecule has 0 spiro atoms. The highest BCUT2D eigenvalue weighted by molar-refractivity contribution is 5.96. The average molecular weight is 415 g/mol. The van der Waals surface area contributed by atoms with Crippen LogP contribution < -0.4 is 5.32 Å². The normalized spacial score (nSPS) is 23.0. The van der Waals surface area contributed by atoms with Crippen molar-refractivity contribution in [2.45, 2.75) is 50.2 Å². The fraction of sp³-hybridized carbons (Fsp3) is 0.619. The van der Waals surface area contributed by atoms with Gasteiger partial charge in [0.25, 0.3) is 5.91 Å². The average Bonchev–Trinajstić information content (AvgIpc) is 3.35. The maximum Gasteiger partial charge on any atom is 0.307 e. The molecule has 4 rings (SSSR count). The summed E-state index contributed by atoms with van der Waals surface area (Å²) < 4.78 is 12.3. The third-order valence-corrected chi connectivity index (χ3v) is 6.37. The van der Waals surface area contributed by atoms with Crippen LogP contribution in [0.25, 0.3) is 11.2 Å². The number of likely N-dealkylation sites (N-methyl/N-ethyl adjacent to an activating group) is 1. The van der Waals surface area contributed by atoms with Crippen LogP contribution in [-0.4, -0.2) is 77.3 Å². The number of fused-ring (bicyclic) bond motifs is 1. The largest absolute Gasteiger partial charge is 0.469 e. The molecule has 30 heavy (non-hydrogen) atoms. The minimum absolute atomic E-state index is 0.158. The molecule has 0 unspecified atom stereocenters. The van der Waals surface area contributed by atoms with Crippen LogP contribution in [0.1, 0.15) is 48.5 Å². The van der Waals surface area contributed by atoms with Gasteiger partial charge >= 0.3 is 5.97 Å². The van der Waals surface area contributed by atoms with Crippen molar-refractivity contribution >= 4 is 23.0 Å². The standard InChI is InChI=1S/C21H29N5O4/c1-25-16(10-19(27)29-2)3-4-17(25)12-23-21(28)14-9-18-20(22-11-14)26(13-24-18)15-5-7-30-8-6-15/h9,11,13,15-17H,3-8,10,12H2,1-2H3,(H,23,28)/t16-,17+/m1/s1. The Morgan fingerprint density at radius 1 is 1.20 bits per heavy atom. The maximum absolute atomic E-state index is 12.7. The molecule has 9 nitrogen and oxygen atoms in total. The summed E-state index contributed by atoms with van der Waals surface area (Å²) in [6.07, 6.45) is 7.56. The van der Waals surface area contributed by atoms with Gasteiger partial charge in [-0.2, -0.15) is 0 Å². The number of hydrogen-bond acceptors (Lipinski definition) is 7. The molecule has 0 radical (unpaired) electrons. The smallest absolute Gasteiger partial charge is 0.307 e. The fourth-order valence-electron chi connectivity index (χ4n) is 4.44. The number of imidazole rings is 1. The third kappa shape index (κ3) is 4.32. The van der Waals surface area contributed by atoms with Crippen molar-refractivity contribution in [3.8, 4) is 0 Å². The molecule has 9 heteroatoms. The second-order valence-corrected chi connectivity index (χ2v) is 8.10. The number of carbonyl (C=O) groups excluding carboxylic acids is 2. The van der Waals surface area contributed by atoms with Crippen molar-refractivity contribution in [2.75, 3.05) is 33.9 Å². The molecule has 2 aromatic heterocycles. The monoisotopic (exact) mass is 415 g/mol. The van der Waals surface area contributed by atoms with E-state index >= 15 is 0 Å². The Kier molecular flexibility index (Phi) is 6.29. The summed E-state index contributed by atoms with van der Waals surface area (Å²) in [4.78, 5) is 35.4. The van der Waals surface area contributed by atoms with Crippen LogP contribution in [0.2, 0.25) is 0 Å². The van der Waals surface area contributed by atoms with Crippen molar-refractivity contribution in [1.29, 1.82) is 0 Å². The zero-order valence-corrected chi connectivity index (χ0v) is 17.5. The number of rotatable bonds is 6. The second-order valence-electron chi connectivity index (χ2n) is 8.10. The number of methoxy groups -OCH3 is 1. The van der Waals surface area contributed by atoms with Gasteiger partial charge in [0.15, 0.2) is 5.65 Å². The lowest BCUT2D eigenvalue weighted by Gasteiger charge is -2.25. The van der Waals surface area contributed by atoms with Gasteiger partial charge < -0.3 is 19.4 Å². The van der Waals surface area contributed by atoms with Gasteiger partial charge in [-0.1, -0.05) is 0 Å². The van der Waals surface area contributed by atoms with Crippen LogP contribution in [0.5, 0.6) is 0 Å². The lowest BCUT2D eigenvalue weighted by Crippen LogP contribution is -2.41. The van der Waals surface area contributed by atoms with E-state index in [0.717, 1.165) is 50.1 Å². The Morgan fingerprint density at radius 2 is 1.97 bits per heavy atom. The van der Waals surface area contributed by atoms with E-state index in [0.29, 0.717) is 24.6 Å².